The van der Waals surface area contributed by atoms with E-state index in [0.717, 1.165) is 17.4 Å². The van der Waals surface area contributed by atoms with Gasteiger partial charge in [0.1, 0.15) is 4.88 Å². The number of sulfonamides is 1. The van der Waals surface area contributed by atoms with Crippen LogP contribution in [0.4, 0.5) is 0 Å². The smallest absolute Gasteiger partial charge is 0.345 e. The van der Waals surface area contributed by atoms with Gasteiger partial charge in [0, 0.05) is 5.38 Å². The van der Waals surface area contributed by atoms with E-state index in [0.29, 0.717) is 6.42 Å². The molecule has 1 rings (SSSR count). The average molecular weight is 273 g/mol. The van der Waals surface area contributed by atoms with Crippen molar-refractivity contribution in [2.45, 2.75) is 24.3 Å². The second-order valence-electron chi connectivity index (χ2n) is 3.20. The Kier molecular flexibility index (Phi) is 4.28. The Morgan fingerprint density at radius 1 is 1.71 bits per heavy atom. The summed E-state index contributed by atoms with van der Waals surface area (Å²) in [5.74, 6) is 1.15. The van der Waals surface area contributed by atoms with Crippen molar-refractivity contribution >= 4 is 27.3 Å². The number of rotatable bonds is 5. The van der Waals surface area contributed by atoms with E-state index in [4.69, 9.17) is 11.5 Å². The minimum absolute atomic E-state index is 0.0286. The lowest BCUT2D eigenvalue weighted by atomic mass is 10.3. The summed E-state index contributed by atoms with van der Waals surface area (Å²) >= 11 is 0.856. The van der Waals surface area contributed by atoms with Crippen LogP contribution in [0.15, 0.2) is 16.3 Å². The van der Waals surface area contributed by atoms with Crippen molar-refractivity contribution in [2.24, 2.45) is 0 Å². The third kappa shape index (κ3) is 3.30. The Labute approximate surface area is 104 Å². The maximum absolute atomic E-state index is 11.8. The van der Waals surface area contributed by atoms with Gasteiger partial charge in [-0.3, -0.25) is 0 Å². The van der Waals surface area contributed by atoms with Crippen LogP contribution in [0.2, 0.25) is 0 Å². The van der Waals surface area contributed by atoms with Crippen molar-refractivity contribution in [3.05, 3.63) is 16.3 Å². The van der Waals surface area contributed by atoms with Gasteiger partial charge >= 0.3 is 5.97 Å². The number of thiophene rings is 1. The minimum atomic E-state index is -3.74. The van der Waals surface area contributed by atoms with Gasteiger partial charge in [0.2, 0.25) is 10.0 Å². The number of carboxylic acids is 1. The molecule has 7 heteroatoms. The molecule has 0 aliphatic carbocycles. The largest absolute Gasteiger partial charge is 0.477 e. The van der Waals surface area contributed by atoms with E-state index in [1.54, 1.807) is 6.92 Å². The molecule has 0 saturated carbocycles. The molecule has 1 heterocycles. The van der Waals surface area contributed by atoms with Crippen LogP contribution in [0, 0.1) is 12.3 Å². The van der Waals surface area contributed by atoms with Gasteiger partial charge in [-0.2, -0.15) is 4.72 Å². The van der Waals surface area contributed by atoms with Gasteiger partial charge in [0.15, 0.2) is 0 Å². The molecule has 1 aromatic rings. The molecule has 0 saturated heterocycles. The molecule has 0 bridgehead atoms. The van der Waals surface area contributed by atoms with E-state index in [2.05, 4.69) is 10.6 Å². The fraction of sp³-hybridized carbons (Fsp3) is 0.300. The van der Waals surface area contributed by atoms with E-state index < -0.39 is 22.0 Å². The molecule has 0 aliphatic rings. The summed E-state index contributed by atoms with van der Waals surface area (Å²) < 4.78 is 25.9. The number of carboxylic acid groups (broad SMARTS) is 1. The first kappa shape index (κ1) is 13.7. The lowest BCUT2D eigenvalue weighted by molar-refractivity contribution is 0.0702. The summed E-state index contributed by atoms with van der Waals surface area (Å²) in [6.45, 7) is 1.75. The van der Waals surface area contributed by atoms with Crippen LogP contribution in [0.3, 0.4) is 0 Å². The number of hydrogen-bond acceptors (Lipinski definition) is 4. The lowest BCUT2D eigenvalue weighted by Gasteiger charge is -2.09. The van der Waals surface area contributed by atoms with Gasteiger partial charge in [-0.15, -0.1) is 17.8 Å². The van der Waals surface area contributed by atoms with Crippen molar-refractivity contribution in [1.82, 2.24) is 4.72 Å². The second kappa shape index (κ2) is 5.31. The van der Waals surface area contributed by atoms with Crippen molar-refractivity contribution in [3.63, 3.8) is 0 Å². The number of terminal acetylenes is 1. The monoisotopic (exact) mass is 273 g/mol. The first-order valence-corrected chi connectivity index (χ1v) is 7.07. The SMILES string of the molecule is C#CC(CC)NS(=O)(=O)c1csc(C(=O)O)c1. The fourth-order valence-electron chi connectivity index (χ4n) is 1.06. The molecule has 0 aromatic carbocycles. The number of aromatic carboxylic acids is 1. The standard InChI is InChI=1S/C10H11NO4S2/c1-3-7(4-2)11-17(14,15)8-5-9(10(12)13)16-6-8/h1,5-7,11H,4H2,2H3,(H,12,13). The molecule has 0 spiro atoms. The Morgan fingerprint density at radius 3 is 2.76 bits per heavy atom. The molecule has 0 aliphatic heterocycles. The van der Waals surface area contributed by atoms with E-state index in [1.807, 2.05) is 0 Å². The summed E-state index contributed by atoms with van der Waals surface area (Å²) in [6, 6.07) is 0.520. The number of hydrogen-bond donors (Lipinski definition) is 2. The van der Waals surface area contributed by atoms with Crippen LogP contribution in [0.5, 0.6) is 0 Å². The highest BCUT2D eigenvalue weighted by Crippen LogP contribution is 2.19. The highest BCUT2D eigenvalue weighted by molar-refractivity contribution is 7.89. The van der Waals surface area contributed by atoms with Crippen molar-refractivity contribution < 1.29 is 18.3 Å². The molecule has 92 valence electrons. The van der Waals surface area contributed by atoms with E-state index in [-0.39, 0.29) is 9.77 Å². The van der Waals surface area contributed by atoms with E-state index >= 15 is 0 Å². The second-order valence-corrected chi connectivity index (χ2v) is 5.83. The highest BCUT2D eigenvalue weighted by Gasteiger charge is 2.20. The fourth-order valence-corrected chi connectivity index (χ4v) is 3.41. The number of carbonyl (C=O) groups is 1. The van der Waals surface area contributed by atoms with Gasteiger partial charge in [-0.1, -0.05) is 12.8 Å². The average Bonchev–Trinajstić information content (AvgIpc) is 2.75. The van der Waals surface area contributed by atoms with Crippen molar-refractivity contribution in [2.75, 3.05) is 0 Å². The summed E-state index contributed by atoms with van der Waals surface area (Å²) in [5.41, 5.74) is 0. The molecule has 17 heavy (non-hydrogen) atoms. The molecule has 1 unspecified atom stereocenters. The van der Waals surface area contributed by atoms with E-state index in [1.165, 1.54) is 5.38 Å². The Hall–Kier alpha value is -1.36. The van der Waals surface area contributed by atoms with Crippen LogP contribution in [-0.4, -0.2) is 25.5 Å². The first-order valence-electron chi connectivity index (χ1n) is 4.71. The first-order chi connectivity index (χ1) is 7.90. The summed E-state index contributed by atoms with van der Waals surface area (Å²) in [6.07, 6.45) is 5.62. The maximum Gasteiger partial charge on any atom is 0.345 e. The maximum atomic E-state index is 11.8. The molecule has 0 amide bonds. The molecule has 2 N–H and O–H groups in total. The Morgan fingerprint density at radius 2 is 2.35 bits per heavy atom. The topological polar surface area (TPSA) is 83.5 Å². The molecule has 1 aromatic heterocycles. The Bertz CT molecular complexity index is 553. The van der Waals surface area contributed by atoms with Crippen molar-refractivity contribution in [3.8, 4) is 12.3 Å². The highest BCUT2D eigenvalue weighted by atomic mass is 32.2. The van der Waals surface area contributed by atoms with Gasteiger partial charge in [0.05, 0.1) is 10.9 Å². The predicted octanol–water partition coefficient (Wildman–Crippen LogP) is 1.14. The molecular formula is C10H11NO4S2. The van der Waals surface area contributed by atoms with Crippen LogP contribution >= 0.6 is 11.3 Å². The Balaban J connectivity index is 2.98. The zero-order valence-corrected chi connectivity index (χ0v) is 10.6. The zero-order valence-electron chi connectivity index (χ0n) is 9.00. The summed E-state index contributed by atoms with van der Waals surface area (Å²) in [4.78, 5) is 10.5. The molecule has 1 atom stereocenters. The molecule has 0 fully saturated rings. The van der Waals surface area contributed by atoms with Crippen molar-refractivity contribution in [1.29, 1.82) is 0 Å². The summed E-state index contributed by atoms with van der Waals surface area (Å²) in [5, 5.41) is 9.97. The van der Waals surface area contributed by atoms with Crippen LogP contribution in [0.1, 0.15) is 23.0 Å². The molecule has 0 radical (unpaired) electrons. The van der Waals surface area contributed by atoms with Gasteiger partial charge in [-0.05, 0) is 12.5 Å². The number of nitrogens with one attached hydrogen (secondary N) is 1. The lowest BCUT2D eigenvalue weighted by Crippen LogP contribution is -2.32. The quantitative estimate of drug-likeness (QED) is 0.788. The molecule has 5 nitrogen and oxygen atoms in total. The normalized spacial score (nSPS) is 12.9. The summed E-state index contributed by atoms with van der Waals surface area (Å²) in [7, 11) is -3.74. The van der Waals surface area contributed by atoms with Gasteiger partial charge in [0.25, 0.3) is 0 Å². The zero-order chi connectivity index (χ0) is 13.1. The third-order valence-corrected chi connectivity index (χ3v) is 4.52. The van der Waals surface area contributed by atoms with Crippen LogP contribution < -0.4 is 4.72 Å². The van der Waals surface area contributed by atoms with Gasteiger partial charge < -0.3 is 5.11 Å². The van der Waals surface area contributed by atoms with Gasteiger partial charge in [-0.25, -0.2) is 13.2 Å². The van der Waals surface area contributed by atoms with Crippen LogP contribution in [-0.2, 0) is 10.0 Å². The predicted molar refractivity (Wildman–Crippen MR) is 64.5 cm³/mol. The molecular weight excluding hydrogens is 262 g/mol. The van der Waals surface area contributed by atoms with Crippen LogP contribution in [0.25, 0.3) is 0 Å². The van der Waals surface area contributed by atoms with E-state index in [9.17, 15) is 13.2 Å². The minimum Gasteiger partial charge on any atom is -0.477 e. The third-order valence-electron chi connectivity index (χ3n) is 2.00.